The number of carbonyl (C=O) groups excluding carboxylic acids is 2. The first kappa shape index (κ1) is 17.2. The molecule has 1 fully saturated rings. The van der Waals surface area contributed by atoms with E-state index >= 15 is 0 Å². The number of hydrogen-bond donors (Lipinski definition) is 1. The molecule has 4 heteroatoms. The van der Waals surface area contributed by atoms with E-state index in [2.05, 4.69) is 11.4 Å². The molecule has 1 unspecified atom stereocenters. The Morgan fingerprint density at radius 1 is 1.16 bits per heavy atom. The fourth-order valence-corrected chi connectivity index (χ4v) is 3.34. The van der Waals surface area contributed by atoms with Gasteiger partial charge in [-0.3, -0.25) is 9.59 Å². The van der Waals surface area contributed by atoms with E-state index in [0.717, 1.165) is 17.7 Å². The number of carbonyl (C=O) groups is 2. The Morgan fingerprint density at radius 3 is 2.64 bits per heavy atom. The number of anilines is 1. The molecule has 0 aromatic heterocycles. The molecule has 0 radical (unpaired) electrons. The Bertz CT molecular complexity index is 771. The van der Waals surface area contributed by atoms with Crippen LogP contribution in [0, 0.1) is 19.8 Å². The van der Waals surface area contributed by atoms with Crippen molar-refractivity contribution in [3.05, 3.63) is 65.2 Å². The van der Waals surface area contributed by atoms with E-state index in [-0.39, 0.29) is 24.2 Å². The van der Waals surface area contributed by atoms with Crippen molar-refractivity contribution in [2.75, 3.05) is 18.0 Å². The van der Waals surface area contributed by atoms with Crippen LogP contribution in [-0.4, -0.2) is 24.9 Å². The molecule has 0 spiro atoms. The van der Waals surface area contributed by atoms with Gasteiger partial charge in [-0.05, 0) is 37.5 Å². The van der Waals surface area contributed by atoms with Crippen molar-refractivity contribution in [3.63, 3.8) is 0 Å². The first-order valence-electron chi connectivity index (χ1n) is 8.74. The van der Waals surface area contributed by atoms with Crippen molar-refractivity contribution in [1.29, 1.82) is 0 Å². The summed E-state index contributed by atoms with van der Waals surface area (Å²) in [5.41, 5.74) is 4.35. The summed E-state index contributed by atoms with van der Waals surface area (Å²) < 4.78 is 0. The summed E-state index contributed by atoms with van der Waals surface area (Å²) in [4.78, 5) is 26.5. The van der Waals surface area contributed by atoms with Gasteiger partial charge in [-0.1, -0.05) is 48.0 Å². The van der Waals surface area contributed by atoms with Crippen molar-refractivity contribution in [2.45, 2.75) is 26.7 Å². The third kappa shape index (κ3) is 4.08. The second kappa shape index (κ2) is 7.51. The maximum atomic E-state index is 12.4. The van der Waals surface area contributed by atoms with Gasteiger partial charge in [0.25, 0.3) is 0 Å². The van der Waals surface area contributed by atoms with Gasteiger partial charge in [-0.2, -0.15) is 0 Å². The highest BCUT2D eigenvalue weighted by atomic mass is 16.2. The molecule has 1 heterocycles. The van der Waals surface area contributed by atoms with E-state index < -0.39 is 0 Å². The smallest absolute Gasteiger partial charge is 0.227 e. The second-order valence-electron chi connectivity index (χ2n) is 6.72. The van der Waals surface area contributed by atoms with Crippen LogP contribution in [0.5, 0.6) is 0 Å². The first-order chi connectivity index (χ1) is 12.0. The van der Waals surface area contributed by atoms with Gasteiger partial charge in [-0.25, -0.2) is 0 Å². The van der Waals surface area contributed by atoms with Crippen LogP contribution in [0.2, 0.25) is 0 Å². The number of rotatable bonds is 5. The minimum atomic E-state index is -0.274. The molecule has 2 aromatic rings. The third-order valence-corrected chi connectivity index (χ3v) is 4.69. The van der Waals surface area contributed by atoms with Gasteiger partial charge in [-0.15, -0.1) is 0 Å². The van der Waals surface area contributed by atoms with E-state index in [1.165, 1.54) is 11.1 Å². The van der Waals surface area contributed by atoms with Gasteiger partial charge in [0.15, 0.2) is 0 Å². The highest BCUT2D eigenvalue weighted by Crippen LogP contribution is 2.28. The number of aryl methyl sites for hydroxylation is 2. The Kier molecular flexibility index (Phi) is 5.17. The molecule has 1 saturated heterocycles. The average molecular weight is 336 g/mol. The Hall–Kier alpha value is -2.62. The maximum absolute atomic E-state index is 12.4. The quantitative estimate of drug-likeness (QED) is 0.912. The molecule has 4 nitrogen and oxygen atoms in total. The lowest BCUT2D eigenvalue weighted by molar-refractivity contribution is -0.126. The van der Waals surface area contributed by atoms with Gasteiger partial charge in [0.1, 0.15) is 0 Å². The van der Waals surface area contributed by atoms with E-state index in [0.29, 0.717) is 13.1 Å². The summed E-state index contributed by atoms with van der Waals surface area (Å²) in [6.45, 7) is 5.09. The van der Waals surface area contributed by atoms with Crippen molar-refractivity contribution >= 4 is 17.5 Å². The molecule has 1 aliphatic heterocycles. The van der Waals surface area contributed by atoms with Crippen molar-refractivity contribution in [2.24, 2.45) is 5.92 Å². The number of amides is 2. The van der Waals surface area contributed by atoms with E-state index in [4.69, 9.17) is 0 Å². The van der Waals surface area contributed by atoms with Crippen LogP contribution >= 0.6 is 0 Å². The Morgan fingerprint density at radius 2 is 1.92 bits per heavy atom. The first-order valence-corrected chi connectivity index (χ1v) is 8.74. The maximum Gasteiger partial charge on any atom is 0.227 e. The van der Waals surface area contributed by atoms with Gasteiger partial charge in [0.05, 0.1) is 5.92 Å². The molecule has 0 bridgehead atoms. The zero-order chi connectivity index (χ0) is 17.8. The highest BCUT2D eigenvalue weighted by molar-refractivity contribution is 6.00. The van der Waals surface area contributed by atoms with Crippen molar-refractivity contribution < 1.29 is 9.59 Å². The number of nitrogens with one attached hydrogen (secondary N) is 1. The molecule has 2 aromatic carbocycles. The number of hydrogen-bond acceptors (Lipinski definition) is 2. The van der Waals surface area contributed by atoms with Crippen LogP contribution in [0.15, 0.2) is 48.5 Å². The van der Waals surface area contributed by atoms with Crippen LogP contribution in [0.1, 0.15) is 23.1 Å². The van der Waals surface area contributed by atoms with Crippen molar-refractivity contribution in [3.8, 4) is 0 Å². The number of benzene rings is 2. The fraction of sp³-hybridized carbons (Fsp3) is 0.333. The highest BCUT2D eigenvalue weighted by Gasteiger charge is 2.35. The topological polar surface area (TPSA) is 49.4 Å². The molecule has 25 heavy (non-hydrogen) atoms. The Balaban J connectivity index is 1.57. The minimum Gasteiger partial charge on any atom is -0.355 e. The zero-order valence-electron chi connectivity index (χ0n) is 14.8. The van der Waals surface area contributed by atoms with Gasteiger partial charge in [0.2, 0.25) is 11.8 Å². The second-order valence-corrected chi connectivity index (χ2v) is 6.72. The van der Waals surface area contributed by atoms with E-state index in [1.54, 1.807) is 4.90 Å². The van der Waals surface area contributed by atoms with E-state index in [1.807, 2.05) is 56.3 Å². The molecule has 1 N–H and O–H groups in total. The average Bonchev–Trinajstić information content (AvgIpc) is 2.97. The van der Waals surface area contributed by atoms with Gasteiger partial charge < -0.3 is 10.2 Å². The summed E-state index contributed by atoms with van der Waals surface area (Å²) in [5, 5.41) is 2.97. The molecular weight excluding hydrogens is 312 g/mol. The molecule has 2 amide bonds. The molecule has 1 aliphatic rings. The molecule has 0 aliphatic carbocycles. The molecule has 3 rings (SSSR count). The largest absolute Gasteiger partial charge is 0.355 e. The molecular formula is C21H24N2O2. The lowest BCUT2D eigenvalue weighted by atomic mass is 10.1. The van der Waals surface area contributed by atoms with Crippen LogP contribution in [0.4, 0.5) is 5.69 Å². The van der Waals surface area contributed by atoms with Crippen molar-refractivity contribution in [1.82, 2.24) is 5.32 Å². The summed E-state index contributed by atoms with van der Waals surface area (Å²) in [6.07, 6.45) is 1.08. The fourth-order valence-electron chi connectivity index (χ4n) is 3.34. The molecule has 1 atom stereocenters. The minimum absolute atomic E-state index is 0.0233. The standard InChI is InChI=1S/C21H24N2O2/c1-15-8-9-19(16(2)12-15)23-14-18(13-20(23)24)21(25)22-11-10-17-6-4-3-5-7-17/h3-9,12,18H,10-11,13-14H2,1-2H3,(H,22,25). The lowest BCUT2D eigenvalue weighted by Crippen LogP contribution is -2.34. The van der Waals surface area contributed by atoms with Crippen LogP contribution in [-0.2, 0) is 16.0 Å². The van der Waals surface area contributed by atoms with Crippen LogP contribution in [0.3, 0.4) is 0 Å². The summed E-state index contributed by atoms with van der Waals surface area (Å²) in [5.74, 6) is -0.282. The molecule has 130 valence electrons. The summed E-state index contributed by atoms with van der Waals surface area (Å²) >= 11 is 0. The predicted molar refractivity (Wildman–Crippen MR) is 99.5 cm³/mol. The zero-order valence-corrected chi connectivity index (χ0v) is 14.8. The normalized spacial score (nSPS) is 17.0. The monoisotopic (exact) mass is 336 g/mol. The summed E-state index contributed by atoms with van der Waals surface area (Å²) in [7, 11) is 0. The van der Waals surface area contributed by atoms with Crippen LogP contribution in [0.25, 0.3) is 0 Å². The Labute approximate surface area is 148 Å². The SMILES string of the molecule is Cc1ccc(N2CC(C(=O)NCCc3ccccc3)CC2=O)c(C)c1. The summed E-state index contributed by atoms with van der Waals surface area (Å²) in [6, 6.07) is 16.1. The van der Waals surface area contributed by atoms with Crippen LogP contribution < -0.4 is 10.2 Å². The third-order valence-electron chi connectivity index (χ3n) is 4.69. The molecule has 0 saturated carbocycles. The van der Waals surface area contributed by atoms with Gasteiger partial charge in [0, 0.05) is 25.2 Å². The van der Waals surface area contributed by atoms with Gasteiger partial charge >= 0.3 is 0 Å². The number of nitrogens with zero attached hydrogens (tertiary/aromatic N) is 1. The van der Waals surface area contributed by atoms with E-state index in [9.17, 15) is 9.59 Å². The lowest BCUT2D eigenvalue weighted by Gasteiger charge is -2.19. The predicted octanol–water partition coefficient (Wildman–Crippen LogP) is 3.02.